The molecule has 16 heteroatoms. The predicted molar refractivity (Wildman–Crippen MR) is 43.2 cm³/mol. The summed E-state index contributed by atoms with van der Waals surface area (Å²) in [6, 6.07) is 0. The Bertz CT molecular complexity index is 496. The van der Waals surface area contributed by atoms with Crippen molar-refractivity contribution in [2.45, 2.75) is 28.8 Å². The van der Waals surface area contributed by atoms with Crippen molar-refractivity contribution in [2.75, 3.05) is 0 Å². The summed E-state index contributed by atoms with van der Waals surface area (Å²) in [7, 11) is -7.32. The third kappa shape index (κ3) is 3.45. The van der Waals surface area contributed by atoms with Crippen molar-refractivity contribution in [1.82, 2.24) is 0 Å². The first-order valence-corrected chi connectivity index (χ1v) is 5.78. The molecule has 0 fully saturated rings. The highest BCUT2D eigenvalue weighted by molar-refractivity contribution is 7.87. The number of rotatable bonds is 6. The summed E-state index contributed by atoms with van der Waals surface area (Å²) in [5.74, 6) is -15.0. The highest BCUT2D eigenvalue weighted by Crippen LogP contribution is 2.55. The van der Waals surface area contributed by atoms with Crippen LogP contribution in [0.2, 0.25) is 0 Å². The molecule has 128 valence electrons. The number of alkyl halides is 11. The molecule has 0 aliphatic heterocycles. The maximum atomic E-state index is 12.7. The van der Waals surface area contributed by atoms with Gasteiger partial charge in [0.2, 0.25) is 0 Å². The molecule has 0 atom stereocenters. The average Bonchev–Trinajstić information content (AvgIpc) is 2.10. The van der Waals surface area contributed by atoms with Crippen LogP contribution in [0.3, 0.4) is 0 Å². The minimum absolute atomic E-state index is 1.74. The summed E-state index contributed by atoms with van der Waals surface area (Å²) >= 11 is 3.61. The van der Waals surface area contributed by atoms with Gasteiger partial charge in [-0.3, -0.25) is 4.55 Å². The van der Waals surface area contributed by atoms with Gasteiger partial charge in [-0.2, -0.15) is 52.3 Å². The first-order chi connectivity index (χ1) is 8.71. The van der Waals surface area contributed by atoms with Gasteiger partial charge in [0.1, 0.15) is 0 Å². The van der Waals surface area contributed by atoms with E-state index in [1.54, 1.807) is 4.74 Å². The SMILES string of the molecule is O=S(=O)(O)C(F)(F)C(F)(F)C(F)(F)C(F)(F)OC(F)(F)Cl. The normalized spacial score (nSPS) is 16.2. The van der Waals surface area contributed by atoms with Crippen molar-refractivity contribution in [1.29, 1.82) is 0 Å². The Kier molecular flexibility index (Phi) is 4.86. The maximum absolute atomic E-state index is 12.7. The van der Waals surface area contributed by atoms with Crippen LogP contribution in [0.5, 0.6) is 0 Å². The lowest BCUT2D eigenvalue weighted by Crippen LogP contribution is -2.65. The molecular weight excluding hydrogens is 382 g/mol. The molecule has 0 amide bonds. The summed E-state index contributed by atoms with van der Waals surface area (Å²) in [5.41, 5.74) is -5.68. The average molecular weight is 383 g/mol. The molecule has 0 aliphatic rings. The van der Waals surface area contributed by atoms with Crippen molar-refractivity contribution in [3.63, 3.8) is 0 Å². The Balaban J connectivity index is 6.01. The lowest BCUT2D eigenvalue weighted by atomic mass is 10.1. The second-order valence-electron chi connectivity index (χ2n) is 3.21. The molecule has 0 aliphatic carbocycles. The van der Waals surface area contributed by atoms with Crippen LogP contribution in [-0.2, 0) is 14.9 Å². The van der Waals surface area contributed by atoms with Crippen molar-refractivity contribution in [3.05, 3.63) is 0 Å². The molecule has 0 saturated heterocycles. The highest BCUT2D eigenvalue weighted by Gasteiger charge is 2.86. The quantitative estimate of drug-likeness (QED) is 0.435. The molecular formula is C5HClF10O4S. The van der Waals surface area contributed by atoms with Gasteiger partial charge >= 0.3 is 38.9 Å². The molecule has 0 bridgehead atoms. The van der Waals surface area contributed by atoms with E-state index in [0.29, 0.717) is 0 Å². The molecule has 0 aromatic carbocycles. The van der Waals surface area contributed by atoms with Crippen molar-refractivity contribution >= 4 is 21.7 Å². The largest absolute Gasteiger partial charge is 0.445 e. The van der Waals surface area contributed by atoms with Crippen molar-refractivity contribution in [2.24, 2.45) is 0 Å². The maximum Gasteiger partial charge on any atom is 0.445 e. The minimum Gasteiger partial charge on any atom is -0.281 e. The first kappa shape index (κ1) is 20.5. The zero-order valence-corrected chi connectivity index (χ0v) is 10.3. The van der Waals surface area contributed by atoms with E-state index in [1.165, 1.54) is 0 Å². The summed E-state index contributed by atoms with van der Waals surface area (Å²) in [4.78, 5) is 0. The molecule has 21 heavy (non-hydrogen) atoms. The van der Waals surface area contributed by atoms with Gasteiger partial charge in [0.25, 0.3) is 0 Å². The second-order valence-corrected chi connectivity index (χ2v) is 5.11. The van der Waals surface area contributed by atoms with E-state index in [4.69, 9.17) is 4.55 Å². The van der Waals surface area contributed by atoms with E-state index in [2.05, 4.69) is 11.6 Å². The van der Waals surface area contributed by atoms with Crippen LogP contribution in [-0.4, -0.2) is 41.7 Å². The van der Waals surface area contributed by atoms with E-state index in [1.807, 2.05) is 0 Å². The fraction of sp³-hybridized carbons (Fsp3) is 1.00. The second kappa shape index (κ2) is 4.99. The molecule has 0 radical (unpaired) electrons. The summed E-state index contributed by atoms with van der Waals surface area (Å²) in [6.07, 6.45) is -7.03. The molecule has 0 rings (SSSR count). The molecule has 0 saturated carbocycles. The zero-order valence-electron chi connectivity index (χ0n) is 8.74. The fourth-order valence-corrected chi connectivity index (χ4v) is 1.29. The minimum atomic E-state index is -7.54. The molecule has 0 unspecified atom stereocenters. The van der Waals surface area contributed by atoms with Gasteiger partial charge < -0.3 is 0 Å². The Labute approximate surface area is 113 Å². The number of ether oxygens (including phenoxy) is 1. The van der Waals surface area contributed by atoms with Gasteiger partial charge in [0, 0.05) is 0 Å². The molecule has 0 aromatic rings. The highest BCUT2D eigenvalue weighted by atomic mass is 35.5. The lowest BCUT2D eigenvalue weighted by Gasteiger charge is -2.35. The van der Waals surface area contributed by atoms with Crippen LogP contribution >= 0.6 is 11.6 Å². The number of halogens is 11. The Morgan fingerprint density at radius 1 is 0.810 bits per heavy atom. The molecule has 0 aromatic heterocycles. The third-order valence-electron chi connectivity index (χ3n) is 1.69. The van der Waals surface area contributed by atoms with E-state index in [0.717, 1.165) is 0 Å². The molecule has 0 heterocycles. The van der Waals surface area contributed by atoms with Crippen LogP contribution in [0.15, 0.2) is 0 Å². The molecule has 1 N–H and O–H groups in total. The molecule has 4 nitrogen and oxygen atoms in total. The third-order valence-corrected chi connectivity index (χ3v) is 2.67. The smallest absolute Gasteiger partial charge is 0.281 e. The van der Waals surface area contributed by atoms with Gasteiger partial charge in [0.15, 0.2) is 0 Å². The Morgan fingerprint density at radius 3 is 1.38 bits per heavy atom. The van der Waals surface area contributed by atoms with Gasteiger partial charge in [-0.05, 0) is 11.6 Å². The number of hydrogen-bond acceptors (Lipinski definition) is 3. The van der Waals surface area contributed by atoms with Gasteiger partial charge in [-0.15, -0.1) is 0 Å². The predicted octanol–water partition coefficient (Wildman–Crippen LogP) is 3.14. The van der Waals surface area contributed by atoms with E-state index < -0.39 is 38.9 Å². The Morgan fingerprint density at radius 2 is 1.14 bits per heavy atom. The zero-order chi connectivity index (χ0) is 17.7. The summed E-state index contributed by atoms with van der Waals surface area (Å²) < 4.78 is 153. The standard InChI is InChI=1S/C5HClF10O4S/c6-5(15,16)20-3(11,12)1(7,8)2(9,10)4(13,14)21(17,18)19/h(H,17,18,19). The molecule has 0 spiro atoms. The van der Waals surface area contributed by atoms with Crippen molar-refractivity contribution < 1.29 is 61.6 Å². The van der Waals surface area contributed by atoms with Crippen LogP contribution < -0.4 is 0 Å². The number of hydrogen-bond donors (Lipinski definition) is 1. The monoisotopic (exact) mass is 382 g/mol. The summed E-state index contributed by atoms with van der Waals surface area (Å²) in [5, 5.41) is -7.15. The summed E-state index contributed by atoms with van der Waals surface area (Å²) in [6.45, 7) is 0. The van der Waals surface area contributed by atoms with Crippen LogP contribution in [0, 0.1) is 0 Å². The lowest BCUT2D eigenvalue weighted by molar-refractivity contribution is -0.452. The first-order valence-electron chi connectivity index (χ1n) is 3.96. The van der Waals surface area contributed by atoms with Crippen LogP contribution in [0.25, 0.3) is 0 Å². The fourth-order valence-electron chi connectivity index (χ4n) is 0.737. The van der Waals surface area contributed by atoms with E-state index in [-0.39, 0.29) is 0 Å². The van der Waals surface area contributed by atoms with Gasteiger partial charge in [-0.1, -0.05) is 0 Å². The van der Waals surface area contributed by atoms with Crippen LogP contribution in [0.1, 0.15) is 0 Å². The van der Waals surface area contributed by atoms with Gasteiger partial charge in [0.05, 0.1) is 0 Å². The van der Waals surface area contributed by atoms with Crippen molar-refractivity contribution in [3.8, 4) is 0 Å². The van der Waals surface area contributed by atoms with Gasteiger partial charge in [-0.25, -0.2) is 4.74 Å². The Hall–Kier alpha value is -0.540. The van der Waals surface area contributed by atoms with E-state index in [9.17, 15) is 52.3 Å². The topological polar surface area (TPSA) is 63.6 Å². The van der Waals surface area contributed by atoms with E-state index >= 15 is 0 Å². The van der Waals surface area contributed by atoms with Crippen LogP contribution in [0.4, 0.5) is 43.9 Å².